The van der Waals surface area contributed by atoms with Crippen LogP contribution in [0.1, 0.15) is 25.2 Å². The lowest BCUT2D eigenvalue weighted by atomic mass is 10.1. The van der Waals surface area contributed by atoms with Gasteiger partial charge in [-0.25, -0.2) is 0 Å². The first kappa shape index (κ1) is 12.0. The van der Waals surface area contributed by atoms with Crippen LogP contribution in [-0.2, 0) is 6.54 Å². The highest BCUT2D eigenvalue weighted by Crippen LogP contribution is 2.07. The molecule has 0 aromatic carbocycles. The van der Waals surface area contributed by atoms with E-state index in [1.54, 1.807) is 12.1 Å². The van der Waals surface area contributed by atoms with Gasteiger partial charge < -0.3 is 10.3 Å². The molecule has 0 aliphatic rings. The Morgan fingerprint density at radius 3 is 2.13 bits per heavy atom. The molecule has 1 rings (SSSR count). The van der Waals surface area contributed by atoms with Crippen molar-refractivity contribution in [2.24, 2.45) is 11.7 Å². The fourth-order valence-electron chi connectivity index (χ4n) is 1.60. The molecule has 0 radical (unpaired) electrons. The van der Waals surface area contributed by atoms with E-state index in [9.17, 15) is 4.79 Å². The van der Waals surface area contributed by atoms with Crippen molar-refractivity contribution < 1.29 is 0 Å². The molecule has 0 fully saturated rings. The Labute approximate surface area is 90.9 Å². The van der Waals surface area contributed by atoms with Gasteiger partial charge in [-0.2, -0.15) is 0 Å². The molecule has 1 unspecified atom stereocenters. The van der Waals surface area contributed by atoms with Gasteiger partial charge in [-0.1, -0.05) is 13.8 Å². The molecule has 1 aromatic rings. The van der Waals surface area contributed by atoms with E-state index in [0.717, 1.165) is 17.9 Å². The smallest absolute Gasteiger partial charge is 0.182 e. The maximum atomic E-state index is 11.2. The molecule has 3 heteroatoms. The Morgan fingerprint density at radius 1 is 1.27 bits per heavy atom. The summed E-state index contributed by atoms with van der Waals surface area (Å²) in [5.41, 5.74) is 8.06. The lowest BCUT2D eigenvalue weighted by Crippen LogP contribution is -2.33. The number of rotatable bonds is 3. The van der Waals surface area contributed by atoms with E-state index in [2.05, 4.69) is 18.4 Å². The van der Waals surface area contributed by atoms with Crippen LogP contribution in [-0.4, -0.2) is 10.6 Å². The number of aromatic nitrogens is 1. The molecule has 84 valence electrons. The van der Waals surface area contributed by atoms with Crippen molar-refractivity contribution in [3.8, 4) is 0 Å². The van der Waals surface area contributed by atoms with Crippen LogP contribution in [0, 0.1) is 19.8 Å². The molecule has 0 amide bonds. The Balaban J connectivity index is 3.00. The van der Waals surface area contributed by atoms with Gasteiger partial charge in [0.15, 0.2) is 5.43 Å². The summed E-state index contributed by atoms with van der Waals surface area (Å²) in [6.45, 7) is 8.88. The average Bonchev–Trinajstić information content (AvgIpc) is 2.10. The largest absolute Gasteiger partial charge is 0.347 e. The van der Waals surface area contributed by atoms with Crippen molar-refractivity contribution in [1.82, 2.24) is 4.57 Å². The quantitative estimate of drug-likeness (QED) is 0.817. The Bertz CT molecular complexity index is 367. The minimum Gasteiger partial charge on any atom is -0.347 e. The van der Waals surface area contributed by atoms with Gasteiger partial charge >= 0.3 is 0 Å². The van der Waals surface area contributed by atoms with Gasteiger partial charge in [0.2, 0.25) is 0 Å². The molecule has 0 spiro atoms. The average molecular weight is 208 g/mol. The van der Waals surface area contributed by atoms with E-state index < -0.39 is 0 Å². The second-order valence-electron chi connectivity index (χ2n) is 4.49. The number of aryl methyl sites for hydroxylation is 2. The lowest BCUT2D eigenvalue weighted by molar-refractivity contribution is 0.424. The predicted molar refractivity (Wildman–Crippen MR) is 63.0 cm³/mol. The van der Waals surface area contributed by atoms with E-state index in [0.29, 0.717) is 5.92 Å². The van der Waals surface area contributed by atoms with Crippen LogP contribution in [0.3, 0.4) is 0 Å². The first-order valence-corrected chi connectivity index (χ1v) is 5.35. The highest BCUT2D eigenvalue weighted by molar-refractivity contribution is 5.12. The molecule has 1 aromatic heterocycles. The summed E-state index contributed by atoms with van der Waals surface area (Å²) in [6, 6.07) is 3.44. The number of nitrogens with zero attached hydrogens (tertiary/aromatic N) is 1. The predicted octanol–water partition coefficient (Wildman–Crippen LogP) is 1.45. The second-order valence-corrected chi connectivity index (χ2v) is 4.49. The minimum atomic E-state index is 0.0689. The third kappa shape index (κ3) is 2.93. The lowest BCUT2D eigenvalue weighted by Gasteiger charge is -2.21. The van der Waals surface area contributed by atoms with Crippen molar-refractivity contribution in [2.75, 3.05) is 0 Å². The fourth-order valence-corrected chi connectivity index (χ4v) is 1.60. The summed E-state index contributed by atoms with van der Waals surface area (Å²) >= 11 is 0. The number of hydrogen-bond acceptors (Lipinski definition) is 2. The third-order valence-corrected chi connectivity index (χ3v) is 2.80. The van der Waals surface area contributed by atoms with Crippen LogP contribution in [0.2, 0.25) is 0 Å². The van der Waals surface area contributed by atoms with E-state index in [4.69, 9.17) is 5.73 Å². The van der Waals surface area contributed by atoms with Crippen LogP contribution >= 0.6 is 0 Å². The Hall–Kier alpha value is -1.09. The van der Waals surface area contributed by atoms with Gasteiger partial charge in [0.25, 0.3) is 0 Å². The van der Waals surface area contributed by atoms with Gasteiger partial charge in [0.1, 0.15) is 0 Å². The van der Waals surface area contributed by atoms with Gasteiger partial charge in [-0.15, -0.1) is 0 Å². The van der Waals surface area contributed by atoms with Gasteiger partial charge in [0, 0.05) is 36.1 Å². The maximum absolute atomic E-state index is 11.2. The van der Waals surface area contributed by atoms with E-state index in [-0.39, 0.29) is 11.5 Å². The van der Waals surface area contributed by atoms with Crippen molar-refractivity contribution in [1.29, 1.82) is 0 Å². The van der Waals surface area contributed by atoms with Crippen molar-refractivity contribution in [3.63, 3.8) is 0 Å². The first-order valence-electron chi connectivity index (χ1n) is 5.35. The van der Waals surface area contributed by atoms with Crippen LogP contribution in [0.15, 0.2) is 16.9 Å². The van der Waals surface area contributed by atoms with Crippen LogP contribution < -0.4 is 11.2 Å². The molecule has 2 N–H and O–H groups in total. The zero-order chi connectivity index (χ0) is 11.6. The summed E-state index contributed by atoms with van der Waals surface area (Å²) in [4.78, 5) is 11.2. The molecule has 15 heavy (non-hydrogen) atoms. The van der Waals surface area contributed by atoms with Crippen LogP contribution in [0.4, 0.5) is 0 Å². The van der Waals surface area contributed by atoms with Crippen molar-refractivity contribution in [3.05, 3.63) is 33.7 Å². The highest BCUT2D eigenvalue weighted by Gasteiger charge is 2.10. The topological polar surface area (TPSA) is 48.0 Å². The van der Waals surface area contributed by atoms with Crippen molar-refractivity contribution in [2.45, 2.75) is 40.3 Å². The molecular formula is C12H20N2O. The third-order valence-electron chi connectivity index (χ3n) is 2.80. The zero-order valence-corrected chi connectivity index (χ0v) is 9.95. The molecule has 1 heterocycles. The standard InChI is InChI=1S/C12H20N2O/c1-8(2)12(13)7-14-9(3)5-11(15)6-10(14)4/h5-6,8,12H,7,13H2,1-4H3. The highest BCUT2D eigenvalue weighted by atomic mass is 16.1. The SMILES string of the molecule is Cc1cc(=O)cc(C)n1CC(N)C(C)C. The molecule has 3 nitrogen and oxygen atoms in total. The normalized spacial score (nSPS) is 13.2. The van der Waals surface area contributed by atoms with Gasteiger partial charge in [-0.3, -0.25) is 4.79 Å². The van der Waals surface area contributed by atoms with Crippen LogP contribution in [0.25, 0.3) is 0 Å². The summed E-state index contributed by atoms with van der Waals surface area (Å²) in [7, 11) is 0. The Morgan fingerprint density at radius 2 is 1.73 bits per heavy atom. The zero-order valence-electron chi connectivity index (χ0n) is 9.95. The molecular weight excluding hydrogens is 188 g/mol. The van der Waals surface area contributed by atoms with E-state index in [1.807, 2.05) is 13.8 Å². The summed E-state index contributed by atoms with van der Waals surface area (Å²) < 4.78 is 2.10. The van der Waals surface area contributed by atoms with E-state index >= 15 is 0 Å². The Kier molecular flexibility index (Phi) is 3.69. The second kappa shape index (κ2) is 4.62. The minimum absolute atomic E-state index is 0.0689. The molecule has 1 atom stereocenters. The van der Waals surface area contributed by atoms with Gasteiger partial charge in [0.05, 0.1) is 0 Å². The monoisotopic (exact) mass is 208 g/mol. The molecule has 0 aliphatic carbocycles. The summed E-state index contributed by atoms with van der Waals surface area (Å²) in [6.07, 6.45) is 0. The fraction of sp³-hybridized carbons (Fsp3) is 0.583. The summed E-state index contributed by atoms with van der Waals surface area (Å²) in [5, 5.41) is 0. The van der Waals surface area contributed by atoms with E-state index in [1.165, 1.54) is 0 Å². The number of pyridine rings is 1. The number of hydrogen-bond donors (Lipinski definition) is 1. The van der Waals surface area contributed by atoms with Crippen LogP contribution in [0.5, 0.6) is 0 Å². The molecule has 0 aliphatic heterocycles. The summed E-state index contributed by atoms with van der Waals surface area (Å²) in [5.74, 6) is 0.447. The first-order chi connectivity index (χ1) is 6.91. The number of nitrogens with two attached hydrogens (primary N) is 1. The molecule has 0 saturated heterocycles. The van der Waals surface area contributed by atoms with Crippen molar-refractivity contribution >= 4 is 0 Å². The van der Waals surface area contributed by atoms with Gasteiger partial charge in [-0.05, 0) is 19.8 Å². The molecule has 0 saturated carbocycles. The molecule has 0 bridgehead atoms. The maximum Gasteiger partial charge on any atom is 0.182 e.